The molecule has 134 valence electrons. The number of carbonyl (C=O) groups excluding carboxylic acids is 1. The number of alkyl halides is 1. The van der Waals surface area contributed by atoms with Crippen LogP contribution in [0.1, 0.15) is 33.4 Å². The molecule has 0 bridgehead atoms. The third-order valence-electron chi connectivity index (χ3n) is 3.98. The lowest BCUT2D eigenvalue weighted by Crippen LogP contribution is -2.13. The van der Waals surface area contributed by atoms with Gasteiger partial charge in [-0.1, -0.05) is 6.07 Å². The topological polar surface area (TPSA) is 80.7 Å². The van der Waals surface area contributed by atoms with Crippen molar-refractivity contribution < 1.29 is 9.18 Å². The van der Waals surface area contributed by atoms with Gasteiger partial charge in [0.25, 0.3) is 5.91 Å². The van der Waals surface area contributed by atoms with Gasteiger partial charge in [0.2, 0.25) is 0 Å². The number of nitrogens with one attached hydrogen (secondary N) is 1. The molecule has 27 heavy (non-hydrogen) atoms. The molecule has 1 aromatic carbocycles. The first-order valence-corrected chi connectivity index (χ1v) is 9.01. The predicted molar refractivity (Wildman–Crippen MR) is 102 cm³/mol. The van der Waals surface area contributed by atoms with Crippen molar-refractivity contribution in [1.82, 2.24) is 19.9 Å². The SMILES string of the molecule is Cc1csc(NC(=O)c2cc(C(F)c3cncnc3)cc3cccnc23)n1. The van der Waals surface area contributed by atoms with Crippen molar-refractivity contribution in [3.63, 3.8) is 0 Å². The number of benzene rings is 1. The van der Waals surface area contributed by atoms with Gasteiger partial charge in [-0.25, -0.2) is 19.3 Å². The quantitative estimate of drug-likeness (QED) is 0.577. The van der Waals surface area contributed by atoms with E-state index in [4.69, 9.17) is 0 Å². The van der Waals surface area contributed by atoms with Gasteiger partial charge in [0.15, 0.2) is 11.3 Å². The summed E-state index contributed by atoms with van der Waals surface area (Å²) in [6, 6.07) is 6.74. The molecule has 0 saturated heterocycles. The molecule has 3 heterocycles. The van der Waals surface area contributed by atoms with Crippen LogP contribution in [0.5, 0.6) is 0 Å². The Balaban J connectivity index is 1.77. The van der Waals surface area contributed by atoms with Crippen LogP contribution in [0.25, 0.3) is 10.9 Å². The summed E-state index contributed by atoms with van der Waals surface area (Å²) in [4.78, 5) is 29.1. The lowest BCUT2D eigenvalue weighted by atomic mass is 9.99. The van der Waals surface area contributed by atoms with Crippen LogP contribution in [0.3, 0.4) is 0 Å². The van der Waals surface area contributed by atoms with E-state index >= 15 is 4.39 Å². The molecule has 8 heteroatoms. The average molecular weight is 379 g/mol. The number of aryl methyl sites for hydroxylation is 1. The molecular formula is C19H14FN5OS. The van der Waals surface area contributed by atoms with Crippen molar-refractivity contribution in [3.8, 4) is 0 Å². The molecule has 6 nitrogen and oxygen atoms in total. The molecule has 0 fully saturated rings. The summed E-state index contributed by atoms with van der Waals surface area (Å²) >= 11 is 1.33. The van der Waals surface area contributed by atoms with Gasteiger partial charge >= 0.3 is 0 Å². The molecule has 0 spiro atoms. The summed E-state index contributed by atoms with van der Waals surface area (Å²) in [5.41, 5.74) is 2.27. The molecular weight excluding hydrogens is 365 g/mol. The zero-order chi connectivity index (χ0) is 18.8. The third-order valence-corrected chi connectivity index (χ3v) is 4.85. The van der Waals surface area contributed by atoms with E-state index in [0.717, 1.165) is 5.69 Å². The number of fused-ring (bicyclic) bond motifs is 1. The van der Waals surface area contributed by atoms with E-state index < -0.39 is 6.17 Å². The highest BCUT2D eigenvalue weighted by Gasteiger charge is 2.20. The Bertz CT molecular complexity index is 1120. The van der Waals surface area contributed by atoms with Crippen LogP contribution in [0.15, 0.2) is 54.6 Å². The monoisotopic (exact) mass is 379 g/mol. The highest BCUT2D eigenvalue weighted by molar-refractivity contribution is 7.13. The second kappa shape index (κ2) is 7.16. The predicted octanol–water partition coefficient (Wildman–Crippen LogP) is 4.10. The van der Waals surface area contributed by atoms with Crippen LogP contribution in [0.2, 0.25) is 0 Å². The lowest BCUT2D eigenvalue weighted by Gasteiger charge is -2.12. The van der Waals surface area contributed by atoms with E-state index in [1.165, 1.54) is 36.1 Å². The maximum Gasteiger partial charge on any atom is 0.259 e. The summed E-state index contributed by atoms with van der Waals surface area (Å²) in [6.07, 6.45) is 4.33. The van der Waals surface area contributed by atoms with Crippen molar-refractivity contribution in [2.24, 2.45) is 0 Å². The Morgan fingerprint density at radius 1 is 1.22 bits per heavy atom. The highest BCUT2D eigenvalue weighted by atomic mass is 32.1. The van der Waals surface area contributed by atoms with Crippen LogP contribution in [-0.2, 0) is 0 Å². The van der Waals surface area contributed by atoms with Gasteiger partial charge < -0.3 is 0 Å². The number of carbonyl (C=O) groups is 1. The number of pyridine rings is 1. The molecule has 0 aliphatic heterocycles. The minimum atomic E-state index is -1.45. The smallest absolute Gasteiger partial charge is 0.259 e. The summed E-state index contributed by atoms with van der Waals surface area (Å²) in [5.74, 6) is -0.383. The molecule has 4 rings (SSSR count). The van der Waals surface area contributed by atoms with Crippen LogP contribution in [-0.4, -0.2) is 25.8 Å². The van der Waals surface area contributed by atoms with Crippen molar-refractivity contribution in [2.75, 3.05) is 5.32 Å². The molecule has 1 N–H and O–H groups in total. The Morgan fingerprint density at radius 2 is 2.04 bits per heavy atom. The summed E-state index contributed by atoms with van der Waals surface area (Å²) in [5, 5.41) is 5.76. The van der Waals surface area contributed by atoms with E-state index in [2.05, 4.69) is 25.3 Å². The van der Waals surface area contributed by atoms with Crippen LogP contribution < -0.4 is 5.32 Å². The largest absolute Gasteiger partial charge is 0.298 e. The Labute approximate surface area is 158 Å². The van der Waals surface area contributed by atoms with E-state index in [1.54, 1.807) is 24.4 Å². The number of thiazole rings is 1. The second-order valence-corrected chi connectivity index (χ2v) is 6.78. The van der Waals surface area contributed by atoms with E-state index in [0.29, 0.717) is 27.2 Å². The Hall–Kier alpha value is -3.26. The molecule has 0 radical (unpaired) electrons. The summed E-state index contributed by atoms with van der Waals surface area (Å²) in [6.45, 7) is 1.85. The average Bonchev–Trinajstić information content (AvgIpc) is 3.11. The number of rotatable bonds is 4. The summed E-state index contributed by atoms with van der Waals surface area (Å²) < 4.78 is 15.0. The van der Waals surface area contributed by atoms with Gasteiger partial charge in [0.05, 0.1) is 16.8 Å². The number of nitrogens with zero attached hydrogens (tertiary/aromatic N) is 4. The van der Waals surface area contributed by atoms with Gasteiger partial charge in [-0.15, -0.1) is 11.3 Å². The molecule has 4 aromatic rings. The number of anilines is 1. The molecule has 0 aliphatic rings. The number of halogens is 1. The molecule has 1 amide bonds. The van der Waals surface area contributed by atoms with Gasteiger partial charge in [-0.3, -0.25) is 15.1 Å². The van der Waals surface area contributed by atoms with Crippen LogP contribution >= 0.6 is 11.3 Å². The normalized spacial score (nSPS) is 12.1. The third kappa shape index (κ3) is 3.52. The zero-order valence-corrected chi connectivity index (χ0v) is 15.1. The fourth-order valence-electron chi connectivity index (χ4n) is 2.74. The Kier molecular flexibility index (Phi) is 4.55. The zero-order valence-electron chi connectivity index (χ0n) is 14.3. The summed E-state index contributed by atoms with van der Waals surface area (Å²) in [7, 11) is 0. The number of aromatic nitrogens is 4. The lowest BCUT2D eigenvalue weighted by molar-refractivity contribution is 0.102. The Morgan fingerprint density at radius 3 is 2.78 bits per heavy atom. The van der Waals surface area contributed by atoms with Crippen LogP contribution in [0, 0.1) is 6.92 Å². The molecule has 0 aliphatic carbocycles. The minimum Gasteiger partial charge on any atom is -0.298 e. The fourth-order valence-corrected chi connectivity index (χ4v) is 3.43. The first-order valence-electron chi connectivity index (χ1n) is 8.13. The number of hydrogen-bond acceptors (Lipinski definition) is 6. The molecule has 1 atom stereocenters. The standard InChI is InChI=1S/C19H14FN5OS/c1-11-9-27-19(24-11)25-18(26)15-6-13(5-12-3-2-4-23-17(12)15)16(20)14-7-21-10-22-8-14/h2-10,16H,1H3,(H,24,25,26). The minimum absolute atomic E-state index is 0.287. The van der Waals surface area contributed by atoms with Gasteiger partial charge in [-0.2, -0.15) is 0 Å². The van der Waals surface area contributed by atoms with E-state index in [9.17, 15) is 4.79 Å². The van der Waals surface area contributed by atoms with Crippen molar-refractivity contribution in [2.45, 2.75) is 13.1 Å². The second-order valence-electron chi connectivity index (χ2n) is 5.93. The first kappa shape index (κ1) is 17.2. The fraction of sp³-hybridized carbons (Fsp3) is 0.105. The first-order chi connectivity index (χ1) is 13.1. The molecule has 1 unspecified atom stereocenters. The maximum atomic E-state index is 15.0. The van der Waals surface area contributed by atoms with Gasteiger partial charge in [-0.05, 0) is 30.7 Å². The number of hydrogen-bond donors (Lipinski definition) is 1. The van der Waals surface area contributed by atoms with E-state index in [-0.39, 0.29) is 11.5 Å². The molecule has 3 aromatic heterocycles. The highest BCUT2D eigenvalue weighted by Crippen LogP contribution is 2.30. The van der Waals surface area contributed by atoms with Crippen molar-refractivity contribution in [1.29, 1.82) is 0 Å². The maximum absolute atomic E-state index is 15.0. The number of amides is 1. The van der Waals surface area contributed by atoms with E-state index in [1.807, 2.05) is 12.3 Å². The van der Waals surface area contributed by atoms with Crippen molar-refractivity contribution >= 4 is 33.3 Å². The van der Waals surface area contributed by atoms with Crippen molar-refractivity contribution in [3.05, 3.63) is 76.9 Å². The van der Waals surface area contributed by atoms with Crippen LogP contribution in [0.4, 0.5) is 9.52 Å². The van der Waals surface area contributed by atoms with Gasteiger partial charge in [0.1, 0.15) is 6.33 Å². The van der Waals surface area contributed by atoms with Gasteiger partial charge in [0, 0.05) is 34.9 Å². The molecule has 0 saturated carbocycles.